The molecule has 0 aliphatic heterocycles. The number of aryl methyl sites for hydroxylation is 1. The molecule has 0 aliphatic rings. The van der Waals surface area contributed by atoms with Crippen LogP contribution in [-0.2, 0) is 0 Å². The molecule has 9 heavy (non-hydrogen) atoms. The normalized spacial score (nSPS) is 10.9. The Balaban J connectivity index is 2.85. The van der Waals surface area contributed by atoms with E-state index in [0.717, 1.165) is 5.76 Å². The first kappa shape index (κ1) is 6.14. The fourth-order valence-electron chi connectivity index (χ4n) is 0.705. The van der Waals surface area contributed by atoms with Crippen molar-refractivity contribution in [1.29, 1.82) is 0 Å². The van der Waals surface area contributed by atoms with E-state index in [-0.39, 0.29) is 0 Å². The Bertz CT molecular complexity index is 208. The lowest BCUT2D eigenvalue weighted by molar-refractivity contribution is 0.555. The molecule has 0 saturated carbocycles. The summed E-state index contributed by atoms with van der Waals surface area (Å²) >= 11 is 0. The largest absolute Gasteiger partial charge is 0.465 e. The van der Waals surface area contributed by atoms with Crippen LogP contribution in [-0.4, -0.2) is 0 Å². The van der Waals surface area contributed by atoms with Gasteiger partial charge in [0.25, 0.3) is 0 Å². The number of furan rings is 1. The van der Waals surface area contributed by atoms with E-state index in [9.17, 15) is 0 Å². The predicted molar refractivity (Wildman–Crippen MR) is 38.2 cm³/mol. The molecular formula is C8H10O. The zero-order valence-electron chi connectivity index (χ0n) is 5.72. The zero-order valence-corrected chi connectivity index (χ0v) is 5.72. The monoisotopic (exact) mass is 122 g/mol. The van der Waals surface area contributed by atoms with Gasteiger partial charge in [-0.25, -0.2) is 0 Å². The molecule has 0 bridgehead atoms. The second-order valence-corrected chi connectivity index (χ2v) is 2.03. The van der Waals surface area contributed by atoms with Gasteiger partial charge in [-0.3, -0.25) is 0 Å². The van der Waals surface area contributed by atoms with Gasteiger partial charge in [-0.1, -0.05) is 6.08 Å². The molecule has 0 fully saturated rings. The topological polar surface area (TPSA) is 13.1 Å². The van der Waals surface area contributed by atoms with Gasteiger partial charge in [-0.05, 0) is 31.6 Å². The number of hydrogen-bond acceptors (Lipinski definition) is 1. The Hall–Kier alpha value is -0.980. The van der Waals surface area contributed by atoms with Crippen LogP contribution in [0.25, 0.3) is 6.08 Å². The lowest BCUT2D eigenvalue weighted by atomic mass is 10.3. The van der Waals surface area contributed by atoms with Crippen LogP contribution >= 0.6 is 0 Å². The van der Waals surface area contributed by atoms with Crippen molar-refractivity contribution >= 4 is 6.08 Å². The summed E-state index contributed by atoms with van der Waals surface area (Å²) < 4.78 is 5.12. The molecule has 0 aliphatic carbocycles. The fraction of sp³-hybridized carbons (Fsp3) is 0.250. The standard InChI is InChI=1S/C8H10O/c1-3-4-8-5-7(2)6-9-8/h3-6H,1-2H3. The predicted octanol–water partition coefficient (Wildman–Crippen LogP) is 2.62. The van der Waals surface area contributed by atoms with Crippen molar-refractivity contribution in [2.24, 2.45) is 0 Å². The van der Waals surface area contributed by atoms with E-state index < -0.39 is 0 Å². The van der Waals surface area contributed by atoms with E-state index >= 15 is 0 Å². The minimum atomic E-state index is 0.926. The quantitative estimate of drug-likeness (QED) is 0.558. The van der Waals surface area contributed by atoms with Gasteiger partial charge in [0.1, 0.15) is 5.76 Å². The third kappa shape index (κ3) is 1.46. The average Bonchev–Trinajstić information content (AvgIpc) is 2.17. The van der Waals surface area contributed by atoms with Gasteiger partial charge in [-0.2, -0.15) is 0 Å². The van der Waals surface area contributed by atoms with Crippen molar-refractivity contribution in [3.63, 3.8) is 0 Å². The Morgan fingerprint density at radius 2 is 2.33 bits per heavy atom. The molecule has 0 radical (unpaired) electrons. The molecule has 1 heterocycles. The SMILES string of the molecule is CC=Cc1cc(C)co1. The number of allylic oxidation sites excluding steroid dienone is 1. The Morgan fingerprint density at radius 3 is 2.78 bits per heavy atom. The van der Waals surface area contributed by atoms with Gasteiger partial charge in [0, 0.05) is 0 Å². The molecule has 0 atom stereocenters. The first-order valence-electron chi connectivity index (χ1n) is 3.01. The minimum absolute atomic E-state index is 0.926. The van der Waals surface area contributed by atoms with Crippen molar-refractivity contribution in [1.82, 2.24) is 0 Å². The van der Waals surface area contributed by atoms with Gasteiger partial charge in [-0.15, -0.1) is 0 Å². The van der Waals surface area contributed by atoms with E-state index in [2.05, 4.69) is 0 Å². The Kier molecular flexibility index (Phi) is 1.73. The highest BCUT2D eigenvalue weighted by molar-refractivity contribution is 5.42. The Labute approximate surface area is 55.0 Å². The molecule has 0 unspecified atom stereocenters. The maximum atomic E-state index is 5.12. The van der Waals surface area contributed by atoms with Crippen LogP contribution in [0.2, 0.25) is 0 Å². The van der Waals surface area contributed by atoms with Gasteiger partial charge >= 0.3 is 0 Å². The van der Waals surface area contributed by atoms with E-state index in [0.29, 0.717) is 0 Å². The summed E-state index contributed by atoms with van der Waals surface area (Å²) in [5.74, 6) is 0.926. The highest BCUT2D eigenvalue weighted by atomic mass is 16.3. The third-order valence-electron chi connectivity index (χ3n) is 1.08. The van der Waals surface area contributed by atoms with Crippen LogP contribution in [0.15, 0.2) is 22.8 Å². The average molecular weight is 122 g/mol. The van der Waals surface area contributed by atoms with E-state index in [1.807, 2.05) is 32.1 Å². The summed E-state index contributed by atoms with van der Waals surface area (Å²) in [5, 5.41) is 0. The molecule has 48 valence electrons. The molecule has 1 heteroatoms. The summed E-state index contributed by atoms with van der Waals surface area (Å²) in [7, 11) is 0. The number of rotatable bonds is 1. The summed E-state index contributed by atoms with van der Waals surface area (Å²) in [6, 6.07) is 2.00. The maximum Gasteiger partial charge on any atom is 0.126 e. The molecule has 1 aromatic rings. The van der Waals surface area contributed by atoms with Crippen LogP contribution in [0.1, 0.15) is 18.2 Å². The molecule has 0 saturated heterocycles. The molecule has 0 aromatic carbocycles. The third-order valence-corrected chi connectivity index (χ3v) is 1.08. The first-order valence-corrected chi connectivity index (χ1v) is 3.01. The van der Waals surface area contributed by atoms with E-state index in [1.165, 1.54) is 5.56 Å². The molecular weight excluding hydrogens is 112 g/mol. The molecule has 1 nitrogen and oxygen atoms in total. The molecule has 0 N–H and O–H groups in total. The molecule has 0 amide bonds. The Morgan fingerprint density at radius 1 is 1.56 bits per heavy atom. The molecule has 1 rings (SSSR count). The van der Waals surface area contributed by atoms with Crippen LogP contribution in [0.4, 0.5) is 0 Å². The van der Waals surface area contributed by atoms with E-state index in [4.69, 9.17) is 4.42 Å². The highest BCUT2D eigenvalue weighted by Gasteiger charge is 1.89. The highest BCUT2D eigenvalue weighted by Crippen LogP contribution is 2.06. The smallest absolute Gasteiger partial charge is 0.126 e. The van der Waals surface area contributed by atoms with Gasteiger partial charge < -0.3 is 4.42 Å². The zero-order chi connectivity index (χ0) is 6.69. The minimum Gasteiger partial charge on any atom is -0.465 e. The van der Waals surface area contributed by atoms with Crippen LogP contribution < -0.4 is 0 Å². The number of hydrogen-bond donors (Lipinski definition) is 0. The molecule has 0 spiro atoms. The molecule has 1 aromatic heterocycles. The second-order valence-electron chi connectivity index (χ2n) is 2.03. The van der Waals surface area contributed by atoms with Crippen molar-refractivity contribution in [3.05, 3.63) is 29.7 Å². The maximum absolute atomic E-state index is 5.12. The first-order chi connectivity index (χ1) is 4.33. The summed E-state index contributed by atoms with van der Waals surface area (Å²) in [5.41, 5.74) is 1.17. The summed E-state index contributed by atoms with van der Waals surface area (Å²) in [6.07, 6.45) is 5.64. The summed E-state index contributed by atoms with van der Waals surface area (Å²) in [6.45, 7) is 3.98. The van der Waals surface area contributed by atoms with Crippen LogP contribution in [0.5, 0.6) is 0 Å². The van der Waals surface area contributed by atoms with Crippen LogP contribution in [0.3, 0.4) is 0 Å². The van der Waals surface area contributed by atoms with Gasteiger partial charge in [0.05, 0.1) is 6.26 Å². The second kappa shape index (κ2) is 2.53. The van der Waals surface area contributed by atoms with E-state index in [1.54, 1.807) is 6.26 Å². The lowest BCUT2D eigenvalue weighted by Crippen LogP contribution is -1.57. The fourth-order valence-corrected chi connectivity index (χ4v) is 0.705. The lowest BCUT2D eigenvalue weighted by Gasteiger charge is -1.76. The van der Waals surface area contributed by atoms with Crippen molar-refractivity contribution in [3.8, 4) is 0 Å². The van der Waals surface area contributed by atoms with Crippen molar-refractivity contribution in [2.45, 2.75) is 13.8 Å². The van der Waals surface area contributed by atoms with Crippen molar-refractivity contribution < 1.29 is 4.42 Å². The van der Waals surface area contributed by atoms with Gasteiger partial charge in [0.15, 0.2) is 0 Å². The summed E-state index contributed by atoms with van der Waals surface area (Å²) in [4.78, 5) is 0. The van der Waals surface area contributed by atoms with Crippen molar-refractivity contribution in [2.75, 3.05) is 0 Å². The van der Waals surface area contributed by atoms with Crippen LogP contribution in [0, 0.1) is 6.92 Å². The van der Waals surface area contributed by atoms with Gasteiger partial charge in [0.2, 0.25) is 0 Å².